The Labute approximate surface area is 216 Å². The number of carbonyl (C=O) groups excluding carboxylic acids is 1. The lowest BCUT2D eigenvalue weighted by atomic mass is 9.98. The zero-order valence-electron chi connectivity index (χ0n) is 20.3. The lowest BCUT2D eigenvalue weighted by molar-refractivity contribution is -0.115. The number of aryl methyl sites for hydroxylation is 1. The Morgan fingerprint density at radius 3 is 2.44 bits per heavy atom. The highest BCUT2D eigenvalue weighted by atomic mass is 32.2. The molecule has 0 atom stereocenters. The van der Waals surface area contributed by atoms with Crippen LogP contribution in [-0.4, -0.2) is 23.3 Å². The number of anilines is 1. The van der Waals surface area contributed by atoms with Crippen molar-refractivity contribution in [3.63, 3.8) is 0 Å². The van der Waals surface area contributed by atoms with Crippen LogP contribution in [0.1, 0.15) is 24.5 Å². The molecule has 36 heavy (non-hydrogen) atoms. The fourth-order valence-electron chi connectivity index (χ4n) is 3.76. The van der Waals surface area contributed by atoms with E-state index in [9.17, 15) is 10.1 Å². The summed E-state index contributed by atoms with van der Waals surface area (Å²) < 4.78 is 5.59. The van der Waals surface area contributed by atoms with Gasteiger partial charge in [-0.15, -0.1) is 11.8 Å². The van der Waals surface area contributed by atoms with E-state index in [4.69, 9.17) is 9.72 Å². The Morgan fingerprint density at radius 1 is 1.00 bits per heavy atom. The summed E-state index contributed by atoms with van der Waals surface area (Å²) in [4.78, 5) is 17.5. The number of benzene rings is 3. The molecule has 1 amide bonds. The van der Waals surface area contributed by atoms with Crippen molar-refractivity contribution in [2.45, 2.75) is 25.3 Å². The minimum Gasteiger partial charge on any atom is -0.492 e. The maximum atomic E-state index is 12.7. The second-order valence-corrected chi connectivity index (χ2v) is 9.24. The maximum absolute atomic E-state index is 12.7. The molecule has 0 saturated carbocycles. The number of carbonyl (C=O) groups is 1. The number of nitrogens with zero attached hydrogens (tertiary/aromatic N) is 2. The number of thioether (sulfide) groups is 1. The third kappa shape index (κ3) is 6.12. The van der Waals surface area contributed by atoms with Gasteiger partial charge in [0.15, 0.2) is 0 Å². The molecular formula is C30H27N3O2S. The number of nitrogens with one attached hydrogen (secondary N) is 1. The highest BCUT2D eigenvalue weighted by molar-refractivity contribution is 7.99. The lowest BCUT2D eigenvalue weighted by Crippen LogP contribution is -2.13. The second-order valence-electron chi connectivity index (χ2n) is 8.15. The molecule has 0 radical (unpaired) electrons. The fourth-order valence-corrected chi connectivity index (χ4v) is 4.70. The van der Waals surface area contributed by atoms with Gasteiger partial charge in [-0.3, -0.25) is 4.79 Å². The van der Waals surface area contributed by atoms with Crippen LogP contribution in [0.15, 0.2) is 90.0 Å². The molecule has 4 aromatic rings. The van der Waals surface area contributed by atoms with Crippen molar-refractivity contribution in [2.24, 2.45) is 0 Å². The fraction of sp³-hybridized carbons (Fsp3) is 0.167. The lowest BCUT2D eigenvalue weighted by Gasteiger charge is -2.13. The molecule has 0 unspecified atom stereocenters. The number of para-hydroxylation sites is 2. The van der Waals surface area contributed by atoms with E-state index in [-0.39, 0.29) is 12.3 Å². The summed E-state index contributed by atoms with van der Waals surface area (Å²) in [5.41, 5.74) is 5.89. The Bertz CT molecular complexity index is 1380. The molecule has 180 valence electrons. The van der Waals surface area contributed by atoms with Crippen molar-refractivity contribution in [1.29, 1.82) is 5.26 Å². The first-order valence-corrected chi connectivity index (χ1v) is 12.8. The van der Waals surface area contributed by atoms with Gasteiger partial charge < -0.3 is 10.1 Å². The van der Waals surface area contributed by atoms with Gasteiger partial charge >= 0.3 is 0 Å². The van der Waals surface area contributed by atoms with Gasteiger partial charge in [0, 0.05) is 23.3 Å². The molecule has 0 fully saturated rings. The Hall–Kier alpha value is -4.08. The van der Waals surface area contributed by atoms with Crippen LogP contribution in [0.25, 0.3) is 22.4 Å². The Kier molecular flexibility index (Phi) is 8.38. The number of nitriles is 1. The number of aromatic nitrogens is 1. The molecular weight excluding hydrogens is 466 g/mol. The summed E-state index contributed by atoms with van der Waals surface area (Å²) in [6.45, 7) is 4.46. The van der Waals surface area contributed by atoms with Crippen molar-refractivity contribution in [3.8, 4) is 34.2 Å². The third-order valence-corrected chi connectivity index (χ3v) is 6.54. The molecule has 4 rings (SSSR count). The first-order chi connectivity index (χ1) is 17.6. The van der Waals surface area contributed by atoms with Gasteiger partial charge in [0.1, 0.15) is 16.8 Å². The molecule has 1 aromatic heterocycles. The van der Waals surface area contributed by atoms with Crippen molar-refractivity contribution in [2.75, 3.05) is 17.7 Å². The molecule has 0 aliphatic carbocycles. The van der Waals surface area contributed by atoms with E-state index in [0.29, 0.717) is 34.4 Å². The van der Waals surface area contributed by atoms with Crippen LogP contribution in [0.3, 0.4) is 0 Å². The van der Waals surface area contributed by atoms with E-state index >= 15 is 0 Å². The first kappa shape index (κ1) is 25.0. The normalized spacial score (nSPS) is 10.5. The predicted octanol–water partition coefficient (Wildman–Crippen LogP) is 7.12. The molecule has 0 spiro atoms. The van der Waals surface area contributed by atoms with E-state index in [1.807, 2.05) is 98.8 Å². The molecule has 0 aliphatic rings. The van der Waals surface area contributed by atoms with E-state index < -0.39 is 0 Å². The van der Waals surface area contributed by atoms with E-state index in [1.165, 1.54) is 11.8 Å². The molecule has 1 N–H and O–H groups in total. The Balaban J connectivity index is 1.58. The standard InChI is InChI=1S/C30H27N3O2S/c1-3-35-28-12-8-7-11-26(28)32-29(34)17-18-36-30-25(20-31)24(22-15-13-21(2)14-16-22)19-27(33-30)23-9-5-4-6-10-23/h4-16,19H,3,17-18H2,1-2H3,(H,32,34). The molecule has 3 aromatic carbocycles. The molecule has 6 heteroatoms. The van der Waals surface area contributed by atoms with Gasteiger partial charge in [0.25, 0.3) is 0 Å². The zero-order valence-corrected chi connectivity index (χ0v) is 21.1. The monoisotopic (exact) mass is 493 g/mol. The summed E-state index contributed by atoms with van der Waals surface area (Å²) in [5.74, 6) is 1.01. The quantitative estimate of drug-likeness (QED) is 0.251. The van der Waals surface area contributed by atoms with Gasteiger partial charge in [0.2, 0.25) is 5.91 Å². The predicted molar refractivity (Wildman–Crippen MR) is 146 cm³/mol. The number of hydrogen-bond donors (Lipinski definition) is 1. The van der Waals surface area contributed by atoms with Crippen LogP contribution in [0.4, 0.5) is 5.69 Å². The highest BCUT2D eigenvalue weighted by Gasteiger charge is 2.17. The van der Waals surface area contributed by atoms with Crippen LogP contribution < -0.4 is 10.1 Å². The number of hydrogen-bond acceptors (Lipinski definition) is 5. The molecule has 0 aliphatic heterocycles. The van der Waals surface area contributed by atoms with Crippen LogP contribution in [0.2, 0.25) is 0 Å². The molecule has 1 heterocycles. The summed E-state index contributed by atoms with van der Waals surface area (Å²) in [6, 6.07) is 29.8. The molecule has 0 bridgehead atoms. The Morgan fingerprint density at radius 2 is 1.72 bits per heavy atom. The average Bonchev–Trinajstić information content (AvgIpc) is 2.90. The number of pyridine rings is 1. The van der Waals surface area contributed by atoms with Gasteiger partial charge in [-0.1, -0.05) is 72.3 Å². The SMILES string of the molecule is CCOc1ccccc1NC(=O)CCSc1nc(-c2ccccc2)cc(-c2ccc(C)cc2)c1C#N. The van der Waals surface area contributed by atoms with Crippen LogP contribution in [0.5, 0.6) is 5.75 Å². The van der Waals surface area contributed by atoms with Crippen molar-refractivity contribution < 1.29 is 9.53 Å². The number of ether oxygens (including phenoxy) is 1. The van der Waals surface area contributed by atoms with Crippen LogP contribution in [0, 0.1) is 18.3 Å². The van der Waals surface area contributed by atoms with Gasteiger partial charge in [-0.05, 0) is 37.6 Å². The topological polar surface area (TPSA) is 75.0 Å². The smallest absolute Gasteiger partial charge is 0.225 e. The second kappa shape index (κ2) is 12.1. The summed E-state index contributed by atoms with van der Waals surface area (Å²) in [6.07, 6.45) is 0.271. The minimum atomic E-state index is -0.119. The summed E-state index contributed by atoms with van der Waals surface area (Å²) >= 11 is 1.42. The third-order valence-electron chi connectivity index (χ3n) is 5.56. The average molecular weight is 494 g/mol. The van der Waals surface area contributed by atoms with E-state index in [0.717, 1.165) is 27.9 Å². The largest absolute Gasteiger partial charge is 0.492 e. The van der Waals surface area contributed by atoms with Gasteiger partial charge in [-0.2, -0.15) is 5.26 Å². The molecule has 0 saturated heterocycles. The van der Waals surface area contributed by atoms with Crippen molar-refractivity contribution in [3.05, 3.63) is 96.1 Å². The summed E-state index contributed by atoms with van der Waals surface area (Å²) in [5, 5.41) is 13.6. The van der Waals surface area contributed by atoms with Crippen LogP contribution in [-0.2, 0) is 4.79 Å². The number of rotatable bonds is 9. The highest BCUT2D eigenvalue weighted by Crippen LogP contribution is 2.34. The van der Waals surface area contributed by atoms with Crippen molar-refractivity contribution >= 4 is 23.4 Å². The van der Waals surface area contributed by atoms with Crippen LogP contribution >= 0.6 is 11.8 Å². The van der Waals surface area contributed by atoms with Gasteiger partial charge in [0.05, 0.1) is 23.6 Å². The summed E-state index contributed by atoms with van der Waals surface area (Å²) in [7, 11) is 0. The van der Waals surface area contributed by atoms with E-state index in [2.05, 4.69) is 11.4 Å². The number of amides is 1. The molecule has 5 nitrogen and oxygen atoms in total. The maximum Gasteiger partial charge on any atom is 0.225 e. The minimum absolute atomic E-state index is 0.119. The van der Waals surface area contributed by atoms with Gasteiger partial charge in [-0.25, -0.2) is 4.98 Å². The zero-order chi connectivity index (χ0) is 25.3. The van der Waals surface area contributed by atoms with Crippen molar-refractivity contribution in [1.82, 2.24) is 4.98 Å². The van der Waals surface area contributed by atoms with E-state index in [1.54, 1.807) is 0 Å². The first-order valence-electron chi connectivity index (χ1n) is 11.8.